The number of thiophene rings is 1. The van der Waals surface area contributed by atoms with Crippen LogP contribution in [-0.4, -0.2) is 25.1 Å². The van der Waals surface area contributed by atoms with Crippen LogP contribution < -0.4 is 11.0 Å². The maximum atomic E-state index is 12.9. The number of hydrogen-bond acceptors (Lipinski definition) is 5. The van der Waals surface area contributed by atoms with Crippen molar-refractivity contribution >= 4 is 38.8 Å². The number of nitrogens with one attached hydrogen (secondary N) is 1. The largest absolute Gasteiger partial charge is 0.352 e. The fourth-order valence-electron chi connectivity index (χ4n) is 4.40. The summed E-state index contributed by atoms with van der Waals surface area (Å²) in [6, 6.07) is 9.18. The molecule has 1 aromatic carbocycles. The zero-order valence-corrected chi connectivity index (χ0v) is 18.7. The highest BCUT2D eigenvalue weighted by molar-refractivity contribution is 7.19. The summed E-state index contributed by atoms with van der Waals surface area (Å²) in [6.07, 6.45) is 4.65. The Morgan fingerprint density at radius 3 is 2.77 bits per heavy atom. The van der Waals surface area contributed by atoms with Crippen molar-refractivity contribution in [3.8, 4) is 0 Å². The summed E-state index contributed by atoms with van der Waals surface area (Å²) in [4.78, 5) is 32.2. The molecule has 1 aliphatic rings. The second-order valence-electron chi connectivity index (χ2n) is 9.28. The molecule has 4 aromatic rings. The molecule has 3 heterocycles. The Balaban J connectivity index is 1.51. The molecule has 8 heteroatoms. The smallest absolute Gasteiger partial charge is 0.324 e. The average Bonchev–Trinajstić information content (AvgIpc) is 3.25. The average molecular weight is 436 g/mol. The van der Waals surface area contributed by atoms with Crippen molar-refractivity contribution in [2.75, 3.05) is 5.32 Å². The van der Waals surface area contributed by atoms with E-state index in [0.717, 1.165) is 29.5 Å². The van der Waals surface area contributed by atoms with Crippen molar-refractivity contribution in [1.29, 1.82) is 0 Å². The highest BCUT2D eigenvalue weighted by atomic mass is 32.1. The van der Waals surface area contributed by atoms with E-state index in [1.807, 2.05) is 18.2 Å². The van der Waals surface area contributed by atoms with Crippen LogP contribution in [-0.2, 0) is 24.2 Å². The van der Waals surface area contributed by atoms with Gasteiger partial charge < -0.3 is 5.32 Å². The molecular formula is C23H25N5O2S. The molecule has 0 aliphatic heterocycles. The van der Waals surface area contributed by atoms with E-state index in [4.69, 9.17) is 0 Å². The van der Waals surface area contributed by atoms with E-state index in [1.54, 1.807) is 23.5 Å². The molecule has 160 valence electrons. The van der Waals surface area contributed by atoms with Gasteiger partial charge in [-0.25, -0.2) is 18.9 Å². The van der Waals surface area contributed by atoms with Gasteiger partial charge in [-0.3, -0.25) is 4.79 Å². The van der Waals surface area contributed by atoms with E-state index < -0.39 is 0 Å². The number of carbonyl (C=O) groups excluding carboxylic acids is 1. The van der Waals surface area contributed by atoms with Crippen LogP contribution in [0.15, 0.2) is 41.5 Å². The third kappa shape index (κ3) is 3.54. The molecule has 31 heavy (non-hydrogen) atoms. The summed E-state index contributed by atoms with van der Waals surface area (Å²) >= 11 is 1.71. The number of amides is 1. The Bertz CT molecular complexity index is 1340. The third-order valence-electron chi connectivity index (χ3n) is 6.21. The van der Waals surface area contributed by atoms with Gasteiger partial charge in [-0.05, 0) is 48.3 Å². The Morgan fingerprint density at radius 1 is 1.26 bits per heavy atom. The van der Waals surface area contributed by atoms with Crippen molar-refractivity contribution in [2.24, 2.45) is 11.3 Å². The highest BCUT2D eigenvalue weighted by Crippen LogP contribution is 2.43. The molecule has 0 bridgehead atoms. The van der Waals surface area contributed by atoms with Gasteiger partial charge in [-0.15, -0.1) is 16.4 Å². The van der Waals surface area contributed by atoms with Crippen molar-refractivity contribution in [2.45, 2.75) is 46.6 Å². The van der Waals surface area contributed by atoms with Gasteiger partial charge in [-0.2, -0.15) is 0 Å². The number of hydrogen-bond donors (Lipinski definition) is 1. The monoisotopic (exact) mass is 435 g/mol. The minimum atomic E-state index is -0.351. The lowest BCUT2D eigenvalue weighted by Crippen LogP contribution is -2.28. The van der Waals surface area contributed by atoms with Crippen LogP contribution in [0.2, 0.25) is 0 Å². The zero-order chi connectivity index (χ0) is 21.8. The van der Waals surface area contributed by atoms with E-state index in [2.05, 4.69) is 36.2 Å². The van der Waals surface area contributed by atoms with Crippen molar-refractivity contribution in [3.05, 3.63) is 57.6 Å². The van der Waals surface area contributed by atoms with Gasteiger partial charge in [0.05, 0.1) is 5.39 Å². The summed E-state index contributed by atoms with van der Waals surface area (Å²) in [6.45, 7) is 6.76. The molecule has 7 nitrogen and oxygen atoms in total. The molecule has 0 saturated carbocycles. The van der Waals surface area contributed by atoms with Crippen molar-refractivity contribution in [3.63, 3.8) is 0 Å². The molecule has 1 unspecified atom stereocenters. The number of para-hydroxylation sites is 1. The van der Waals surface area contributed by atoms with E-state index in [0.29, 0.717) is 17.3 Å². The summed E-state index contributed by atoms with van der Waals surface area (Å²) in [7, 11) is 0. The lowest BCUT2D eigenvalue weighted by atomic mass is 9.72. The second kappa shape index (κ2) is 7.30. The minimum absolute atomic E-state index is 0.144. The topological polar surface area (TPSA) is 81.3 Å². The summed E-state index contributed by atoms with van der Waals surface area (Å²) in [5, 5.41) is 8.31. The molecule has 1 N–H and O–H groups in total. The molecule has 0 radical (unpaired) electrons. The first-order valence-corrected chi connectivity index (χ1v) is 11.4. The van der Waals surface area contributed by atoms with Gasteiger partial charge in [0.2, 0.25) is 5.91 Å². The summed E-state index contributed by atoms with van der Waals surface area (Å²) in [5.74, 6) is 0.340. The second-order valence-corrected chi connectivity index (χ2v) is 10.4. The van der Waals surface area contributed by atoms with Gasteiger partial charge in [0, 0.05) is 10.6 Å². The molecule has 5 rings (SSSR count). The molecular weight excluding hydrogens is 410 g/mol. The number of carbonyl (C=O) groups is 1. The number of rotatable bonds is 3. The van der Waals surface area contributed by atoms with E-state index >= 15 is 0 Å². The van der Waals surface area contributed by atoms with Crippen LogP contribution in [0.3, 0.4) is 0 Å². The van der Waals surface area contributed by atoms with Gasteiger partial charge in [-0.1, -0.05) is 39.0 Å². The van der Waals surface area contributed by atoms with Crippen molar-refractivity contribution in [1.82, 2.24) is 19.2 Å². The van der Waals surface area contributed by atoms with Gasteiger partial charge in [0.15, 0.2) is 5.65 Å². The Morgan fingerprint density at radius 2 is 2.03 bits per heavy atom. The van der Waals surface area contributed by atoms with Crippen molar-refractivity contribution < 1.29 is 4.79 Å². The molecule has 0 fully saturated rings. The lowest BCUT2D eigenvalue weighted by molar-refractivity contribution is -0.117. The number of aromatic nitrogens is 4. The fourth-order valence-corrected chi connectivity index (χ4v) is 5.66. The van der Waals surface area contributed by atoms with Gasteiger partial charge in [0.1, 0.15) is 17.7 Å². The first-order chi connectivity index (χ1) is 14.8. The minimum Gasteiger partial charge on any atom is -0.324 e. The Hall–Kier alpha value is -3.00. The number of anilines is 1. The zero-order valence-electron chi connectivity index (χ0n) is 17.9. The maximum Gasteiger partial charge on any atom is 0.352 e. The fraction of sp³-hybridized carbons (Fsp3) is 0.391. The van der Waals surface area contributed by atoms with Crippen LogP contribution in [0.25, 0.3) is 15.9 Å². The maximum absolute atomic E-state index is 12.9. The standard InChI is InChI=1S/C23H25N5O2S/c1-23(2,3)14-9-10-16-17(11-14)31-21-19(16)20-26-28(22(30)27(20)13-24-21)12-18(29)25-15-7-5-4-6-8-15/h4-8,13-14H,9-12H2,1-3H3,(H,25,29). The predicted molar refractivity (Wildman–Crippen MR) is 123 cm³/mol. The van der Waals surface area contributed by atoms with Crippen LogP contribution in [0, 0.1) is 11.3 Å². The molecule has 3 aromatic heterocycles. The lowest BCUT2D eigenvalue weighted by Gasteiger charge is -2.33. The van der Waals surface area contributed by atoms with E-state index in [1.165, 1.54) is 25.9 Å². The Kier molecular flexibility index (Phi) is 4.69. The number of fused-ring (bicyclic) bond motifs is 5. The quantitative estimate of drug-likeness (QED) is 0.529. The summed E-state index contributed by atoms with van der Waals surface area (Å²) < 4.78 is 2.68. The third-order valence-corrected chi connectivity index (χ3v) is 7.37. The summed E-state index contributed by atoms with van der Waals surface area (Å²) in [5.41, 5.74) is 2.46. The molecule has 1 aliphatic carbocycles. The van der Waals surface area contributed by atoms with Crippen LogP contribution >= 0.6 is 11.3 Å². The highest BCUT2D eigenvalue weighted by Gasteiger charge is 2.32. The van der Waals surface area contributed by atoms with Crippen LogP contribution in [0.5, 0.6) is 0 Å². The molecule has 1 atom stereocenters. The number of aryl methyl sites for hydroxylation is 1. The molecule has 0 spiro atoms. The normalized spacial score (nSPS) is 16.5. The van der Waals surface area contributed by atoms with E-state index in [-0.39, 0.29) is 23.6 Å². The van der Waals surface area contributed by atoms with Crippen LogP contribution in [0.1, 0.15) is 37.6 Å². The van der Waals surface area contributed by atoms with Gasteiger partial charge in [0.25, 0.3) is 0 Å². The first kappa shape index (κ1) is 19.9. The van der Waals surface area contributed by atoms with E-state index in [9.17, 15) is 9.59 Å². The molecule has 1 amide bonds. The van der Waals surface area contributed by atoms with Crippen LogP contribution in [0.4, 0.5) is 5.69 Å². The SMILES string of the molecule is CC(C)(C)C1CCc2c(sc3ncn4c(=O)n(CC(=O)Nc5ccccc5)nc4c23)C1. The first-order valence-electron chi connectivity index (χ1n) is 10.5. The van der Waals surface area contributed by atoms with Gasteiger partial charge >= 0.3 is 5.69 Å². The number of nitrogens with zero attached hydrogens (tertiary/aromatic N) is 4. The predicted octanol–water partition coefficient (Wildman–Crippen LogP) is 3.90. The Labute approximate surface area is 183 Å². The molecule has 0 saturated heterocycles. The number of benzene rings is 1.